The minimum Gasteiger partial charge on any atom is -0.394 e. The van der Waals surface area contributed by atoms with Gasteiger partial charge in [0.05, 0.1) is 19.3 Å². The third-order valence-corrected chi connectivity index (χ3v) is 4.29. The van der Waals surface area contributed by atoms with Gasteiger partial charge in [0.25, 0.3) is 0 Å². The lowest BCUT2D eigenvalue weighted by molar-refractivity contribution is -0.182. The Kier molecular flexibility index (Phi) is 12.4. The lowest BCUT2D eigenvalue weighted by atomic mass is 9.90. The number of Topliss-reactive ketones (excluding diaryl/α,β-unsaturated/α-hetero) is 1. The fourth-order valence-electron chi connectivity index (χ4n) is 2.31. The summed E-state index contributed by atoms with van der Waals surface area (Å²) in [5.74, 6) is -7.83. The van der Waals surface area contributed by atoms with E-state index in [0.717, 1.165) is 6.92 Å². The number of carbonyl (C=O) groups excluding carboxylic acids is 3. The Labute approximate surface area is 175 Å². The van der Waals surface area contributed by atoms with E-state index in [1.807, 2.05) is 0 Å². The van der Waals surface area contributed by atoms with Crippen molar-refractivity contribution in [2.45, 2.75) is 61.9 Å². The Morgan fingerprint density at radius 1 is 0.645 bits per heavy atom. The quantitative estimate of drug-likeness (QED) is 0.0898. The lowest BCUT2D eigenvalue weighted by Crippen LogP contribution is -2.53. The Balaban J connectivity index is 5.36. The van der Waals surface area contributed by atoms with Crippen LogP contribution in [0.3, 0.4) is 0 Å². The SMILES string of the molecule is CC(O)C(C(=O)OC(=O)[C@H](O)[C@@H](O)[C@H](O)[C@H](O)CO)C(=O)[C@H](O)[C@@H](O)[C@H](O)[C@H](O)CO. The Hall–Kier alpha value is -1.63. The van der Waals surface area contributed by atoms with Crippen molar-refractivity contribution in [3.05, 3.63) is 0 Å². The van der Waals surface area contributed by atoms with Gasteiger partial charge in [-0.25, -0.2) is 4.79 Å². The van der Waals surface area contributed by atoms with Gasteiger partial charge >= 0.3 is 11.9 Å². The highest BCUT2D eigenvalue weighted by atomic mass is 16.6. The normalized spacial score (nSPS) is 21.5. The molecule has 0 aliphatic heterocycles. The molecule has 0 fully saturated rings. The summed E-state index contributed by atoms with van der Waals surface area (Å²) in [6.45, 7) is -1.28. The zero-order valence-electron chi connectivity index (χ0n) is 16.2. The highest BCUT2D eigenvalue weighted by Crippen LogP contribution is 2.16. The highest BCUT2D eigenvalue weighted by molar-refractivity contribution is 6.05. The van der Waals surface area contributed by atoms with Crippen molar-refractivity contribution in [3.63, 3.8) is 0 Å². The molecule has 0 saturated heterocycles. The van der Waals surface area contributed by atoms with Gasteiger partial charge in [0.1, 0.15) is 48.6 Å². The molecule has 15 heteroatoms. The van der Waals surface area contributed by atoms with Gasteiger partial charge in [-0.15, -0.1) is 0 Å². The third kappa shape index (κ3) is 7.78. The second kappa shape index (κ2) is 13.0. The molecule has 0 spiro atoms. The van der Waals surface area contributed by atoms with Gasteiger partial charge in [0.15, 0.2) is 11.9 Å². The fourth-order valence-corrected chi connectivity index (χ4v) is 2.31. The van der Waals surface area contributed by atoms with Crippen molar-refractivity contribution in [1.82, 2.24) is 0 Å². The summed E-state index contributed by atoms with van der Waals surface area (Å²) in [5.41, 5.74) is 0. The van der Waals surface area contributed by atoms with E-state index in [0.29, 0.717) is 0 Å². The largest absolute Gasteiger partial charge is 0.394 e. The van der Waals surface area contributed by atoms with Crippen molar-refractivity contribution in [2.75, 3.05) is 13.2 Å². The Bertz CT molecular complexity index is 596. The van der Waals surface area contributed by atoms with E-state index >= 15 is 0 Å². The minimum absolute atomic E-state index is 0.846. The van der Waals surface area contributed by atoms with Crippen LogP contribution in [-0.2, 0) is 19.1 Å². The number of esters is 2. The average molecular weight is 460 g/mol. The molecule has 15 nitrogen and oxygen atoms in total. The van der Waals surface area contributed by atoms with Crippen LogP contribution in [0, 0.1) is 5.92 Å². The van der Waals surface area contributed by atoms with Crippen LogP contribution in [0.2, 0.25) is 0 Å². The summed E-state index contributed by atoms with van der Waals surface area (Å²) < 4.78 is 4.13. The maximum atomic E-state index is 12.3. The first kappa shape index (κ1) is 29.4. The van der Waals surface area contributed by atoms with Crippen LogP contribution in [0.15, 0.2) is 0 Å². The molecule has 10 atom stereocenters. The van der Waals surface area contributed by atoms with Gasteiger partial charge in [-0.2, -0.15) is 0 Å². The Morgan fingerprint density at radius 2 is 1.03 bits per heavy atom. The molecule has 0 aliphatic rings. The summed E-state index contributed by atoms with van der Waals surface area (Å²) in [4.78, 5) is 36.1. The van der Waals surface area contributed by atoms with E-state index in [2.05, 4.69) is 4.74 Å². The van der Waals surface area contributed by atoms with Gasteiger partial charge in [0.2, 0.25) is 0 Å². The molecule has 31 heavy (non-hydrogen) atoms. The van der Waals surface area contributed by atoms with Crippen molar-refractivity contribution in [1.29, 1.82) is 0 Å². The number of carbonyl (C=O) groups is 3. The molecule has 0 bridgehead atoms. The molecular weight excluding hydrogens is 432 g/mol. The fraction of sp³-hybridized carbons (Fsp3) is 0.812. The van der Waals surface area contributed by atoms with Gasteiger partial charge in [-0.05, 0) is 6.92 Å². The molecule has 0 aliphatic carbocycles. The van der Waals surface area contributed by atoms with Crippen molar-refractivity contribution >= 4 is 17.7 Å². The topological polar surface area (TPSA) is 283 Å². The number of aliphatic hydroxyl groups is 11. The predicted molar refractivity (Wildman–Crippen MR) is 93.5 cm³/mol. The number of aliphatic hydroxyl groups excluding tert-OH is 11. The number of hydrogen-bond acceptors (Lipinski definition) is 15. The first-order valence-electron chi connectivity index (χ1n) is 8.86. The molecule has 11 N–H and O–H groups in total. The van der Waals surface area contributed by atoms with E-state index in [9.17, 15) is 60.3 Å². The molecule has 0 rings (SSSR count). The summed E-state index contributed by atoms with van der Waals surface area (Å²) in [6, 6.07) is 0. The number of ketones is 1. The molecular formula is C16H28O15. The summed E-state index contributed by atoms with van der Waals surface area (Å²) in [6.07, 6.45) is -20.5. The van der Waals surface area contributed by atoms with Crippen molar-refractivity contribution < 1.29 is 75.3 Å². The van der Waals surface area contributed by atoms with Gasteiger partial charge in [-0.1, -0.05) is 0 Å². The molecule has 0 radical (unpaired) electrons. The van der Waals surface area contributed by atoms with Crippen LogP contribution >= 0.6 is 0 Å². The van der Waals surface area contributed by atoms with Crippen molar-refractivity contribution in [3.8, 4) is 0 Å². The summed E-state index contributed by atoms with van der Waals surface area (Å²) in [7, 11) is 0. The smallest absolute Gasteiger partial charge is 0.345 e. The van der Waals surface area contributed by atoms with Crippen molar-refractivity contribution in [2.24, 2.45) is 5.92 Å². The first-order chi connectivity index (χ1) is 14.2. The highest BCUT2D eigenvalue weighted by Gasteiger charge is 2.44. The Morgan fingerprint density at radius 3 is 1.39 bits per heavy atom. The standard InChI is InChI=1S/C16H28O15/c1-4(19)7(10(24)13(27)11(25)8(22)5(20)2-17)15(29)31-16(30)14(28)12(26)9(23)6(21)3-18/h4-9,11-14,17-23,25-28H,2-3H2,1H3/t4?,5-,6-,7?,8-,9-,11+,12+,13+,14-/m1/s1. The molecule has 0 aromatic carbocycles. The molecule has 182 valence electrons. The molecule has 0 amide bonds. The third-order valence-electron chi connectivity index (χ3n) is 4.29. The second-order valence-corrected chi connectivity index (χ2v) is 6.71. The van der Waals surface area contributed by atoms with Crippen LogP contribution in [0.4, 0.5) is 0 Å². The zero-order valence-corrected chi connectivity index (χ0v) is 16.2. The van der Waals surface area contributed by atoms with E-state index in [-0.39, 0.29) is 0 Å². The maximum Gasteiger partial charge on any atom is 0.345 e. The monoisotopic (exact) mass is 460 g/mol. The summed E-state index contributed by atoms with van der Waals surface area (Å²) >= 11 is 0. The molecule has 0 aromatic rings. The van der Waals surface area contributed by atoms with Crippen LogP contribution in [-0.4, -0.2) is 142 Å². The predicted octanol–water partition coefficient (Wildman–Crippen LogP) is -7.51. The zero-order chi connectivity index (χ0) is 24.6. The lowest BCUT2D eigenvalue weighted by Gasteiger charge is -2.28. The van der Waals surface area contributed by atoms with Gasteiger partial charge in [0, 0.05) is 0 Å². The van der Waals surface area contributed by atoms with Gasteiger partial charge in [-0.3, -0.25) is 9.59 Å². The van der Waals surface area contributed by atoms with Crippen LogP contribution in [0.25, 0.3) is 0 Å². The molecule has 0 saturated carbocycles. The number of hydrogen-bond donors (Lipinski definition) is 11. The van der Waals surface area contributed by atoms with Gasteiger partial charge < -0.3 is 60.9 Å². The molecule has 0 heterocycles. The second-order valence-electron chi connectivity index (χ2n) is 6.71. The molecule has 2 unspecified atom stereocenters. The van der Waals surface area contributed by atoms with Crippen LogP contribution < -0.4 is 0 Å². The maximum absolute atomic E-state index is 12.3. The van der Waals surface area contributed by atoms with Crippen LogP contribution in [0.1, 0.15) is 6.92 Å². The van der Waals surface area contributed by atoms with E-state index in [1.54, 1.807) is 0 Å². The van der Waals surface area contributed by atoms with E-state index in [1.165, 1.54) is 0 Å². The minimum atomic E-state index is -2.65. The van der Waals surface area contributed by atoms with E-state index in [4.69, 9.17) is 10.2 Å². The number of ether oxygens (including phenoxy) is 1. The molecule has 0 aromatic heterocycles. The number of rotatable bonds is 13. The average Bonchev–Trinajstić information content (AvgIpc) is 2.73. The van der Waals surface area contributed by atoms with Crippen LogP contribution in [0.5, 0.6) is 0 Å². The first-order valence-corrected chi connectivity index (χ1v) is 8.86. The van der Waals surface area contributed by atoms with E-state index < -0.39 is 91.8 Å². The summed E-state index contributed by atoms with van der Waals surface area (Å²) in [5, 5.41) is 103.